The first-order chi connectivity index (χ1) is 14.2. The second-order valence-corrected chi connectivity index (χ2v) is 7.91. The fourth-order valence-electron chi connectivity index (χ4n) is 2.51. The minimum absolute atomic E-state index is 0.126. The predicted molar refractivity (Wildman–Crippen MR) is 114 cm³/mol. The zero-order valence-electron chi connectivity index (χ0n) is 17.9. The Kier molecular flexibility index (Phi) is 8.53. The molecule has 0 aromatic heterocycles. The number of amides is 2. The van der Waals surface area contributed by atoms with Crippen molar-refractivity contribution in [1.29, 1.82) is 0 Å². The van der Waals surface area contributed by atoms with Gasteiger partial charge >= 0.3 is 12.2 Å². The van der Waals surface area contributed by atoms with Crippen molar-refractivity contribution in [3.05, 3.63) is 65.7 Å². The summed E-state index contributed by atoms with van der Waals surface area (Å²) < 4.78 is 16.3. The molecule has 0 bridgehead atoms. The Labute approximate surface area is 177 Å². The van der Waals surface area contributed by atoms with Gasteiger partial charge in [-0.1, -0.05) is 42.5 Å². The molecular formula is C23H30N2O5. The quantitative estimate of drug-likeness (QED) is 0.676. The summed E-state index contributed by atoms with van der Waals surface area (Å²) in [4.78, 5) is 24.2. The standard InChI is InChI=1S/C23H30N2O5/c1-17-9-8-12-20(13-17)28-16-19(14-24-21(26)30-23(2,3)4)25-22(27)29-15-18-10-6-5-7-11-18/h5-13,19H,14-16H2,1-4H3,(H,24,26)(H,25,27). The lowest BCUT2D eigenvalue weighted by Gasteiger charge is -2.23. The molecule has 2 rings (SSSR count). The van der Waals surface area contributed by atoms with E-state index in [-0.39, 0.29) is 19.8 Å². The summed E-state index contributed by atoms with van der Waals surface area (Å²) in [6.45, 7) is 7.74. The molecule has 0 heterocycles. The van der Waals surface area contributed by atoms with Crippen LogP contribution in [0.2, 0.25) is 0 Å². The monoisotopic (exact) mass is 414 g/mol. The maximum atomic E-state index is 12.2. The average molecular weight is 415 g/mol. The van der Waals surface area contributed by atoms with Crippen LogP contribution in [0.15, 0.2) is 54.6 Å². The lowest BCUT2D eigenvalue weighted by molar-refractivity contribution is 0.0516. The maximum absolute atomic E-state index is 12.2. The second kappa shape index (κ2) is 11.1. The average Bonchev–Trinajstić information content (AvgIpc) is 2.68. The summed E-state index contributed by atoms with van der Waals surface area (Å²) >= 11 is 0. The van der Waals surface area contributed by atoms with Gasteiger partial charge in [0.2, 0.25) is 0 Å². The number of rotatable bonds is 8. The molecule has 0 saturated heterocycles. The normalized spacial score (nSPS) is 11.9. The first kappa shape index (κ1) is 23.1. The van der Waals surface area contributed by atoms with E-state index in [1.54, 1.807) is 20.8 Å². The van der Waals surface area contributed by atoms with Crippen LogP contribution in [0.5, 0.6) is 5.75 Å². The molecule has 0 aliphatic carbocycles. The Hall–Kier alpha value is -3.22. The van der Waals surface area contributed by atoms with Gasteiger partial charge in [0.15, 0.2) is 0 Å². The van der Waals surface area contributed by atoms with Crippen LogP contribution >= 0.6 is 0 Å². The third-order valence-corrected chi connectivity index (χ3v) is 3.87. The number of hydrogen-bond donors (Lipinski definition) is 2. The van der Waals surface area contributed by atoms with Gasteiger partial charge in [0, 0.05) is 6.54 Å². The van der Waals surface area contributed by atoms with E-state index in [1.165, 1.54) is 0 Å². The fraction of sp³-hybridized carbons (Fsp3) is 0.391. The van der Waals surface area contributed by atoms with E-state index >= 15 is 0 Å². The van der Waals surface area contributed by atoms with Gasteiger partial charge in [-0.15, -0.1) is 0 Å². The molecule has 1 atom stereocenters. The molecule has 0 radical (unpaired) electrons. The fourth-order valence-corrected chi connectivity index (χ4v) is 2.51. The molecule has 7 heteroatoms. The third-order valence-electron chi connectivity index (χ3n) is 3.87. The third kappa shape index (κ3) is 9.32. The number of aryl methyl sites for hydroxylation is 1. The number of carbonyl (C=O) groups excluding carboxylic acids is 2. The predicted octanol–water partition coefficient (Wildman–Crippen LogP) is 4.19. The number of carbonyl (C=O) groups is 2. The Bertz CT molecular complexity index is 818. The molecule has 2 aromatic rings. The first-order valence-corrected chi connectivity index (χ1v) is 9.85. The van der Waals surface area contributed by atoms with Crippen LogP contribution in [0.3, 0.4) is 0 Å². The van der Waals surface area contributed by atoms with E-state index in [2.05, 4.69) is 10.6 Å². The molecule has 2 aromatic carbocycles. The lowest BCUT2D eigenvalue weighted by Crippen LogP contribution is -2.48. The van der Waals surface area contributed by atoms with Crippen LogP contribution in [-0.4, -0.2) is 37.0 Å². The van der Waals surface area contributed by atoms with Gasteiger partial charge < -0.3 is 24.8 Å². The highest BCUT2D eigenvalue weighted by Gasteiger charge is 2.19. The highest BCUT2D eigenvalue weighted by atomic mass is 16.6. The minimum Gasteiger partial charge on any atom is -0.491 e. The van der Waals surface area contributed by atoms with Gasteiger partial charge in [0.05, 0.1) is 6.04 Å². The lowest BCUT2D eigenvalue weighted by atomic mass is 10.2. The van der Waals surface area contributed by atoms with E-state index in [1.807, 2.05) is 61.5 Å². The smallest absolute Gasteiger partial charge is 0.407 e. The topological polar surface area (TPSA) is 85.9 Å². The molecule has 0 aliphatic heterocycles. The highest BCUT2D eigenvalue weighted by Crippen LogP contribution is 2.12. The number of benzene rings is 2. The molecule has 162 valence electrons. The first-order valence-electron chi connectivity index (χ1n) is 9.85. The molecule has 2 amide bonds. The van der Waals surface area contributed by atoms with Crippen LogP contribution in [0.4, 0.5) is 9.59 Å². The van der Waals surface area contributed by atoms with Gasteiger partial charge in [-0.3, -0.25) is 0 Å². The summed E-state index contributed by atoms with van der Waals surface area (Å²) in [6.07, 6.45) is -1.16. The Morgan fingerprint density at radius 1 is 1.00 bits per heavy atom. The molecule has 30 heavy (non-hydrogen) atoms. The summed E-state index contributed by atoms with van der Waals surface area (Å²) in [5, 5.41) is 5.39. The van der Waals surface area contributed by atoms with Crippen molar-refractivity contribution < 1.29 is 23.8 Å². The van der Waals surface area contributed by atoms with Crippen molar-refractivity contribution in [1.82, 2.24) is 10.6 Å². The van der Waals surface area contributed by atoms with Gasteiger partial charge in [-0.2, -0.15) is 0 Å². The van der Waals surface area contributed by atoms with Gasteiger partial charge in [0.25, 0.3) is 0 Å². The maximum Gasteiger partial charge on any atom is 0.407 e. The molecule has 0 spiro atoms. The zero-order valence-corrected chi connectivity index (χ0v) is 17.9. The van der Waals surface area contributed by atoms with Crippen molar-refractivity contribution >= 4 is 12.2 Å². The summed E-state index contributed by atoms with van der Waals surface area (Å²) in [5.41, 5.74) is 1.33. The van der Waals surface area contributed by atoms with E-state index < -0.39 is 23.8 Å². The Balaban J connectivity index is 1.91. The van der Waals surface area contributed by atoms with E-state index in [9.17, 15) is 9.59 Å². The van der Waals surface area contributed by atoms with E-state index in [4.69, 9.17) is 14.2 Å². The van der Waals surface area contributed by atoms with Crippen LogP contribution in [0.1, 0.15) is 31.9 Å². The highest BCUT2D eigenvalue weighted by molar-refractivity contribution is 5.69. The van der Waals surface area contributed by atoms with Crippen molar-refractivity contribution in [3.63, 3.8) is 0 Å². The minimum atomic E-state index is -0.611. The summed E-state index contributed by atoms with van der Waals surface area (Å²) in [6, 6.07) is 16.5. The number of ether oxygens (including phenoxy) is 3. The molecule has 0 fully saturated rings. The van der Waals surface area contributed by atoms with Gasteiger partial charge in [-0.05, 0) is 51.0 Å². The van der Waals surface area contributed by atoms with Crippen molar-refractivity contribution in [3.8, 4) is 5.75 Å². The molecule has 1 unspecified atom stereocenters. The van der Waals surface area contributed by atoms with Crippen LogP contribution < -0.4 is 15.4 Å². The zero-order chi connectivity index (χ0) is 22.0. The number of hydrogen-bond acceptors (Lipinski definition) is 5. The largest absolute Gasteiger partial charge is 0.491 e. The molecule has 7 nitrogen and oxygen atoms in total. The Morgan fingerprint density at radius 2 is 1.73 bits per heavy atom. The summed E-state index contributed by atoms with van der Waals surface area (Å²) in [5.74, 6) is 0.678. The van der Waals surface area contributed by atoms with Gasteiger partial charge in [0.1, 0.15) is 24.6 Å². The van der Waals surface area contributed by atoms with Crippen molar-refractivity contribution in [2.24, 2.45) is 0 Å². The molecule has 2 N–H and O–H groups in total. The van der Waals surface area contributed by atoms with E-state index in [0.717, 1.165) is 11.1 Å². The molecule has 0 saturated carbocycles. The van der Waals surface area contributed by atoms with Crippen molar-refractivity contribution in [2.75, 3.05) is 13.2 Å². The number of nitrogens with one attached hydrogen (secondary N) is 2. The Morgan fingerprint density at radius 3 is 2.40 bits per heavy atom. The SMILES string of the molecule is Cc1cccc(OCC(CNC(=O)OC(C)(C)C)NC(=O)OCc2ccccc2)c1. The molecule has 0 aliphatic rings. The van der Waals surface area contributed by atoms with Crippen LogP contribution in [-0.2, 0) is 16.1 Å². The second-order valence-electron chi connectivity index (χ2n) is 7.91. The number of alkyl carbamates (subject to hydrolysis) is 2. The van der Waals surface area contributed by atoms with Crippen LogP contribution in [0, 0.1) is 6.92 Å². The summed E-state index contributed by atoms with van der Waals surface area (Å²) in [7, 11) is 0. The van der Waals surface area contributed by atoms with Crippen molar-refractivity contribution in [2.45, 2.75) is 45.9 Å². The molecular weight excluding hydrogens is 384 g/mol. The van der Waals surface area contributed by atoms with E-state index in [0.29, 0.717) is 5.75 Å². The van der Waals surface area contributed by atoms with Gasteiger partial charge in [-0.25, -0.2) is 9.59 Å². The van der Waals surface area contributed by atoms with Crippen LogP contribution in [0.25, 0.3) is 0 Å².